The van der Waals surface area contributed by atoms with E-state index >= 15 is 0 Å². The molecule has 0 aromatic carbocycles. The van der Waals surface area contributed by atoms with Crippen molar-refractivity contribution in [1.82, 2.24) is 35.8 Å². The first-order valence-corrected chi connectivity index (χ1v) is 9.27. The Hall–Kier alpha value is -2.57. The third-order valence-electron chi connectivity index (χ3n) is 5.10. The van der Waals surface area contributed by atoms with Crippen LogP contribution in [0.3, 0.4) is 0 Å². The standard InChI is InChI=1S/C19H25N7/c1-11-10-20-22-16(11)14-12-8-6-5-7-9-13(12)21-17(19(2,3)4)15(14)18-23-25-26-24-18/h10H,5-9H2,1-4H3,(H,20,22)(H,23,24,25,26). The summed E-state index contributed by atoms with van der Waals surface area (Å²) >= 11 is 0. The lowest BCUT2D eigenvalue weighted by Gasteiger charge is -2.26. The van der Waals surface area contributed by atoms with Gasteiger partial charge in [-0.1, -0.05) is 27.2 Å². The van der Waals surface area contributed by atoms with Crippen LogP contribution in [0.4, 0.5) is 0 Å². The van der Waals surface area contributed by atoms with E-state index in [1.807, 2.05) is 6.20 Å². The van der Waals surface area contributed by atoms with E-state index in [0.717, 1.165) is 40.9 Å². The highest BCUT2D eigenvalue weighted by Gasteiger charge is 2.31. The second-order valence-corrected chi connectivity index (χ2v) is 8.12. The number of nitrogens with one attached hydrogen (secondary N) is 2. The molecule has 1 aliphatic rings. The lowest BCUT2D eigenvalue weighted by atomic mass is 9.82. The van der Waals surface area contributed by atoms with Crippen molar-refractivity contribution in [1.29, 1.82) is 0 Å². The van der Waals surface area contributed by atoms with E-state index < -0.39 is 0 Å². The Morgan fingerprint density at radius 3 is 2.46 bits per heavy atom. The van der Waals surface area contributed by atoms with Crippen molar-refractivity contribution in [2.75, 3.05) is 0 Å². The van der Waals surface area contributed by atoms with Crippen molar-refractivity contribution in [2.45, 2.75) is 65.2 Å². The van der Waals surface area contributed by atoms with Crippen LogP contribution in [-0.2, 0) is 18.3 Å². The molecular weight excluding hydrogens is 326 g/mol. The Morgan fingerprint density at radius 1 is 1.00 bits per heavy atom. The zero-order chi connectivity index (χ0) is 18.3. The molecule has 3 aromatic heterocycles. The molecule has 0 aliphatic heterocycles. The van der Waals surface area contributed by atoms with Crippen LogP contribution in [0.2, 0.25) is 0 Å². The predicted octanol–water partition coefficient (Wildman–Crippen LogP) is 3.53. The molecule has 0 saturated heterocycles. The molecule has 136 valence electrons. The second kappa shape index (κ2) is 6.30. The van der Waals surface area contributed by atoms with Gasteiger partial charge in [0.05, 0.1) is 23.1 Å². The Labute approximate surface area is 153 Å². The fourth-order valence-corrected chi connectivity index (χ4v) is 3.83. The molecule has 0 unspecified atom stereocenters. The Bertz CT molecular complexity index is 916. The summed E-state index contributed by atoms with van der Waals surface area (Å²) in [5, 5.41) is 22.3. The number of aromatic amines is 2. The van der Waals surface area contributed by atoms with E-state index in [1.165, 1.54) is 30.5 Å². The van der Waals surface area contributed by atoms with Crippen molar-refractivity contribution in [2.24, 2.45) is 0 Å². The number of hydrogen-bond donors (Lipinski definition) is 2. The average molecular weight is 351 g/mol. The Balaban J connectivity index is 2.13. The van der Waals surface area contributed by atoms with Gasteiger partial charge in [-0.3, -0.25) is 10.1 Å². The first-order valence-electron chi connectivity index (χ1n) is 9.27. The van der Waals surface area contributed by atoms with Crippen LogP contribution in [0.25, 0.3) is 22.6 Å². The summed E-state index contributed by atoms with van der Waals surface area (Å²) in [6.45, 7) is 8.65. The maximum Gasteiger partial charge on any atom is 0.181 e. The lowest BCUT2D eigenvalue weighted by Crippen LogP contribution is -2.19. The van der Waals surface area contributed by atoms with E-state index in [-0.39, 0.29) is 5.41 Å². The monoisotopic (exact) mass is 351 g/mol. The van der Waals surface area contributed by atoms with E-state index in [1.54, 1.807) is 0 Å². The molecule has 0 fully saturated rings. The first-order chi connectivity index (χ1) is 12.5. The molecule has 0 spiro atoms. The summed E-state index contributed by atoms with van der Waals surface area (Å²) in [6.07, 6.45) is 7.52. The first kappa shape index (κ1) is 16.9. The molecular formula is C19H25N7. The van der Waals surface area contributed by atoms with Gasteiger partial charge < -0.3 is 0 Å². The van der Waals surface area contributed by atoms with Crippen molar-refractivity contribution in [3.05, 3.63) is 28.7 Å². The number of H-pyrrole nitrogens is 2. The zero-order valence-electron chi connectivity index (χ0n) is 15.8. The van der Waals surface area contributed by atoms with Crippen molar-refractivity contribution in [3.8, 4) is 22.6 Å². The number of hydrogen-bond acceptors (Lipinski definition) is 5. The number of tetrazole rings is 1. The summed E-state index contributed by atoms with van der Waals surface area (Å²) in [5.74, 6) is 0.665. The summed E-state index contributed by atoms with van der Waals surface area (Å²) < 4.78 is 0. The van der Waals surface area contributed by atoms with Gasteiger partial charge in [-0.2, -0.15) is 5.10 Å². The summed E-state index contributed by atoms with van der Waals surface area (Å²) in [7, 11) is 0. The number of nitrogens with zero attached hydrogens (tertiary/aromatic N) is 5. The molecule has 0 amide bonds. The normalized spacial score (nSPS) is 14.9. The zero-order valence-corrected chi connectivity index (χ0v) is 15.8. The Kier molecular flexibility index (Phi) is 4.09. The largest absolute Gasteiger partial charge is 0.278 e. The smallest absolute Gasteiger partial charge is 0.181 e. The number of aryl methyl sites for hydroxylation is 2. The summed E-state index contributed by atoms with van der Waals surface area (Å²) in [6, 6.07) is 0. The molecule has 0 saturated carbocycles. The molecule has 4 rings (SSSR count). The molecule has 2 N–H and O–H groups in total. The highest BCUT2D eigenvalue weighted by molar-refractivity contribution is 5.85. The molecule has 0 bridgehead atoms. The molecule has 7 heteroatoms. The van der Waals surface area contributed by atoms with Crippen LogP contribution in [0.15, 0.2) is 6.20 Å². The molecule has 0 atom stereocenters. The number of rotatable bonds is 2. The van der Waals surface area contributed by atoms with Gasteiger partial charge in [0.15, 0.2) is 5.82 Å². The van der Waals surface area contributed by atoms with Gasteiger partial charge >= 0.3 is 0 Å². The summed E-state index contributed by atoms with van der Waals surface area (Å²) in [5.41, 5.74) is 7.75. The van der Waals surface area contributed by atoms with Gasteiger partial charge in [0, 0.05) is 16.7 Å². The van der Waals surface area contributed by atoms with Crippen LogP contribution in [0.5, 0.6) is 0 Å². The topological polar surface area (TPSA) is 96.0 Å². The third-order valence-corrected chi connectivity index (χ3v) is 5.10. The Morgan fingerprint density at radius 2 is 1.81 bits per heavy atom. The molecule has 1 aliphatic carbocycles. The van der Waals surface area contributed by atoms with Gasteiger partial charge in [0.25, 0.3) is 0 Å². The van der Waals surface area contributed by atoms with E-state index in [4.69, 9.17) is 4.98 Å². The van der Waals surface area contributed by atoms with Gasteiger partial charge in [0.2, 0.25) is 0 Å². The van der Waals surface area contributed by atoms with Gasteiger partial charge in [-0.15, -0.1) is 5.10 Å². The highest BCUT2D eigenvalue weighted by atomic mass is 15.5. The fraction of sp³-hybridized carbons (Fsp3) is 0.526. The quantitative estimate of drug-likeness (QED) is 0.689. The molecule has 7 nitrogen and oxygen atoms in total. The fourth-order valence-electron chi connectivity index (χ4n) is 3.83. The molecule has 3 aromatic rings. The third kappa shape index (κ3) is 2.81. The van der Waals surface area contributed by atoms with Crippen LogP contribution in [0.1, 0.15) is 62.5 Å². The van der Waals surface area contributed by atoms with Gasteiger partial charge in [-0.25, -0.2) is 5.10 Å². The minimum absolute atomic E-state index is 0.133. The molecule has 0 radical (unpaired) electrons. The van der Waals surface area contributed by atoms with Crippen molar-refractivity contribution >= 4 is 0 Å². The minimum atomic E-state index is -0.133. The average Bonchev–Trinajstić information content (AvgIpc) is 3.19. The van der Waals surface area contributed by atoms with E-state index in [9.17, 15) is 0 Å². The van der Waals surface area contributed by atoms with Crippen LogP contribution < -0.4 is 0 Å². The van der Waals surface area contributed by atoms with Crippen molar-refractivity contribution in [3.63, 3.8) is 0 Å². The minimum Gasteiger partial charge on any atom is -0.278 e. The molecule has 3 heterocycles. The van der Waals surface area contributed by atoms with E-state index in [0.29, 0.717) is 5.82 Å². The van der Waals surface area contributed by atoms with Crippen LogP contribution >= 0.6 is 0 Å². The molecule has 26 heavy (non-hydrogen) atoms. The second-order valence-electron chi connectivity index (χ2n) is 8.12. The number of aromatic nitrogens is 7. The summed E-state index contributed by atoms with van der Waals surface area (Å²) in [4.78, 5) is 5.15. The van der Waals surface area contributed by atoms with Crippen molar-refractivity contribution < 1.29 is 0 Å². The van der Waals surface area contributed by atoms with Gasteiger partial charge in [0.1, 0.15) is 0 Å². The lowest BCUT2D eigenvalue weighted by molar-refractivity contribution is 0.566. The maximum absolute atomic E-state index is 5.15. The van der Waals surface area contributed by atoms with Crippen LogP contribution in [0, 0.1) is 6.92 Å². The van der Waals surface area contributed by atoms with Gasteiger partial charge in [-0.05, 0) is 54.2 Å². The number of pyridine rings is 1. The highest BCUT2D eigenvalue weighted by Crippen LogP contribution is 2.42. The van der Waals surface area contributed by atoms with E-state index in [2.05, 4.69) is 58.5 Å². The number of fused-ring (bicyclic) bond motifs is 1. The SMILES string of the molecule is Cc1cn[nH]c1-c1c2c(nc(C(C)(C)C)c1-c1nnn[nH]1)CCCCC2. The maximum atomic E-state index is 5.15. The van der Waals surface area contributed by atoms with Crippen LogP contribution in [-0.4, -0.2) is 35.8 Å². The predicted molar refractivity (Wildman–Crippen MR) is 99.7 cm³/mol.